The first kappa shape index (κ1) is 20.4. The first-order valence-corrected chi connectivity index (χ1v) is 11.2. The van der Waals surface area contributed by atoms with Gasteiger partial charge in [0, 0.05) is 25.7 Å². The number of nitrogens with zero attached hydrogens (tertiary/aromatic N) is 2. The Morgan fingerprint density at radius 3 is 2.14 bits per heavy atom. The topological polar surface area (TPSA) is 57.7 Å². The summed E-state index contributed by atoms with van der Waals surface area (Å²) in [5.41, 5.74) is 2.88. The fourth-order valence-corrected chi connectivity index (χ4v) is 4.79. The lowest BCUT2D eigenvalue weighted by Gasteiger charge is -2.24. The molecule has 150 valence electrons. The smallest absolute Gasteiger partial charge is 0.264 e. The van der Waals surface area contributed by atoms with Crippen molar-refractivity contribution in [3.8, 4) is 0 Å². The van der Waals surface area contributed by atoms with Crippen molar-refractivity contribution in [1.82, 2.24) is 4.90 Å². The van der Waals surface area contributed by atoms with E-state index in [9.17, 15) is 13.2 Å². The second-order valence-electron chi connectivity index (χ2n) is 7.49. The maximum atomic E-state index is 13.1. The van der Waals surface area contributed by atoms with Crippen molar-refractivity contribution in [2.24, 2.45) is 0 Å². The van der Waals surface area contributed by atoms with Gasteiger partial charge in [0.1, 0.15) is 0 Å². The van der Waals surface area contributed by atoms with Crippen molar-refractivity contribution in [2.45, 2.75) is 44.4 Å². The molecule has 3 rings (SSSR count). The number of aryl methyl sites for hydroxylation is 2. The molecule has 0 unspecified atom stereocenters. The zero-order valence-corrected chi connectivity index (χ0v) is 17.6. The summed E-state index contributed by atoms with van der Waals surface area (Å²) in [6.45, 7) is 5.30. The molecule has 1 saturated heterocycles. The highest BCUT2D eigenvalue weighted by Gasteiger charge is 2.24. The Labute approximate surface area is 168 Å². The van der Waals surface area contributed by atoms with Gasteiger partial charge in [-0.15, -0.1) is 0 Å². The summed E-state index contributed by atoms with van der Waals surface area (Å²) < 4.78 is 27.4. The molecule has 0 N–H and O–H groups in total. The maximum absolute atomic E-state index is 13.1. The Balaban J connectivity index is 1.92. The number of rotatable bonds is 4. The Kier molecular flexibility index (Phi) is 6.08. The van der Waals surface area contributed by atoms with E-state index < -0.39 is 10.0 Å². The van der Waals surface area contributed by atoms with Crippen LogP contribution in [0.15, 0.2) is 47.4 Å². The van der Waals surface area contributed by atoms with Gasteiger partial charge >= 0.3 is 0 Å². The highest BCUT2D eigenvalue weighted by atomic mass is 32.2. The molecular weight excluding hydrogens is 372 g/mol. The number of sulfonamides is 1. The quantitative estimate of drug-likeness (QED) is 0.775. The monoisotopic (exact) mass is 400 g/mol. The number of hydrogen-bond acceptors (Lipinski definition) is 3. The van der Waals surface area contributed by atoms with Gasteiger partial charge < -0.3 is 4.90 Å². The lowest BCUT2D eigenvalue weighted by molar-refractivity contribution is 0.0761. The number of benzene rings is 2. The van der Waals surface area contributed by atoms with E-state index in [0.717, 1.165) is 49.9 Å². The van der Waals surface area contributed by atoms with Crippen LogP contribution in [0.1, 0.15) is 47.2 Å². The molecule has 0 aliphatic carbocycles. The molecular formula is C22H28N2O3S. The summed E-state index contributed by atoms with van der Waals surface area (Å²) in [7, 11) is -2.16. The zero-order valence-electron chi connectivity index (χ0n) is 16.8. The normalized spacial score (nSPS) is 15.2. The van der Waals surface area contributed by atoms with Crippen molar-refractivity contribution in [3.63, 3.8) is 0 Å². The average molecular weight is 401 g/mol. The predicted octanol–water partition coefficient (Wildman–Crippen LogP) is 4.14. The summed E-state index contributed by atoms with van der Waals surface area (Å²) in [6, 6.07) is 12.1. The van der Waals surface area contributed by atoms with E-state index in [2.05, 4.69) is 0 Å². The Bertz CT molecular complexity index is 944. The third kappa shape index (κ3) is 4.22. The Hall–Kier alpha value is -2.34. The molecule has 0 bridgehead atoms. The second kappa shape index (κ2) is 8.35. The van der Waals surface area contributed by atoms with E-state index in [1.165, 1.54) is 11.4 Å². The van der Waals surface area contributed by atoms with Crippen LogP contribution < -0.4 is 4.31 Å². The van der Waals surface area contributed by atoms with Crippen LogP contribution >= 0.6 is 0 Å². The molecule has 1 heterocycles. The van der Waals surface area contributed by atoms with Crippen molar-refractivity contribution < 1.29 is 13.2 Å². The summed E-state index contributed by atoms with van der Waals surface area (Å²) in [4.78, 5) is 15.1. The summed E-state index contributed by atoms with van der Waals surface area (Å²) >= 11 is 0. The Morgan fingerprint density at radius 2 is 1.54 bits per heavy atom. The van der Waals surface area contributed by atoms with Gasteiger partial charge in [0.15, 0.2) is 0 Å². The number of hydrogen-bond donors (Lipinski definition) is 0. The number of carbonyl (C=O) groups excluding carboxylic acids is 1. The van der Waals surface area contributed by atoms with Gasteiger partial charge in [-0.05, 0) is 56.5 Å². The molecule has 0 saturated carbocycles. The van der Waals surface area contributed by atoms with Gasteiger partial charge in [-0.25, -0.2) is 8.42 Å². The first-order valence-electron chi connectivity index (χ1n) is 9.76. The minimum absolute atomic E-state index is 0.0238. The highest BCUT2D eigenvalue weighted by molar-refractivity contribution is 7.92. The van der Waals surface area contributed by atoms with Gasteiger partial charge in [-0.2, -0.15) is 0 Å². The van der Waals surface area contributed by atoms with Gasteiger partial charge in [-0.3, -0.25) is 9.10 Å². The molecule has 0 spiro atoms. The van der Waals surface area contributed by atoms with Gasteiger partial charge in [0.05, 0.1) is 10.6 Å². The summed E-state index contributed by atoms with van der Waals surface area (Å²) in [5, 5.41) is 0. The first-order chi connectivity index (χ1) is 13.3. The van der Waals surface area contributed by atoms with Crippen LogP contribution in [0.3, 0.4) is 0 Å². The molecule has 0 radical (unpaired) electrons. The summed E-state index contributed by atoms with van der Waals surface area (Å²) in [6.07, 6.45) is 4.35. The molecule has 6 heteroatoms. The number of carbonyl (C=O) groups is 1. The Morgan fingerprint density at radius 1 is 0.929 bits per heavy atom. The fourth-order valence-electron chi connectivity index (χ4n) is 3.54. The average Bonchev–Trinajstić information content (AvgIpc) is 2.97. The summed E-state index contributed by atoms with van der Waals surface area (Å²) in [5.74, 6) is -0.0238. The van der Waals surface area contributed by atoms with E-state index in [1.807, 2.05) is 24.8 Å². The van der Waals surface area contributed by atoms with E-state index in [-0.39, 0.29) is 10.8 Å². The SMILES string of the molecule is Cc1ccc(S(=O)(=O)N(C)c2cc(C(=O)N3CCCCCC3)ccc2C)cc1. The molecule has 28 heavy (non-hydrogen) atoms. The van der Waals surface area contributed by atoms with E-state index in [1.54, 1.807) is 36.4 Å². The van der Waals surface area contributed by atoms with Crippen molar-refractivity contribution in [3.05, 3.63) is 59.2 Å². The number of anilines is 1. The lowest BCUT2D eigenvalue weighted by atomic mass is 10.1. The van der Waals surface area contributed by atoms with E-state index >= 15 is 0 Å². The van der Waals surface area contributed by atoms with E-state index in [0.29, 0.717) is 11.3 Å². The zero-order chi connectivity index (χ0) is 20.3. The molecule has 5 nitrogen and oxygen atoms in total. The largest absolute Gasteiger partial charge is 0.339 e. The van der Waals surface area contributed by atoms with Crippen molar-refractivity contribution in [1.29, 1.82) is 0 Å². The maximum Gasteiger partial charge on any atom is 0.264 e. The van der Waals surface area contributed by atoms with Crippen LogP contribution in [0.5, 0.6) is 0 Å². The minimum Gasteiger partial charge on any atom is -0.339 e. The fraction of sp³-hybridized carbons (Fsp3) is 0.409. The van der Waals surface area contributed by atoms with Gasteiger partial charge in [-0.1, -0.05) is 36.6 Å². The van der Waals surface area contributed by atoms with Gasteiger partial charge in [0.2, 0.25) is 0 Å². The molecule has 1 fully saturated rings. The third-order valence-electron chi connectivity index (χ3n) is 5.37. The minimum atomic E-state index is -3.70. The van der Waals surface area contributed by atoms with Crippen LogP contribution in [0.25, 0.3) is 0 Å². The standard InChI is InChI=1S/C22H28N2O3S/c1-17-8-12-20(13-9-17)28(26,27)23(3)21-16-19(11-10-18(21)2)22(25)24-14-6-4-5-7-15-24/h8-13,16H,4-7,14-15H2,1-3H3. The third-order valence-corrected chi connectivity index (χ3v) is 7.15. The lowest BCUT2D eigenvalue weighted by Crippen LogP contribution is -2.32. The van der Waals surface area contributed by atoms with Crippen molar-refractivity contribution >= 4 is 21.6 Å². The van der Waals surface area contributed by atoms with Crippen LogP contribution in [0.2, 0.25) is 0 Å². The van der Waals surface area contributed by atoms with E-state index in [4.69, 9.17) is 0 Å². The van der Waals surface area contributed by atoms with Crippen LogP contribution in [0.4, 0.5) is 5.69 Å². The van der Waals surface area contributed by atoms with Crippen LogP contribution in [0, 0.1) is 13.8 Å². The predicted molar refractivity (Wildman–Crippen MR) is 112 cm³/mol. The molecule has 1 aliphatic rings. The molecule has 1 amide bonds. The molecule has 2 aromatic rings. The number of amides is 1. The van der Waals surface area contributed by atoms with Gasteiger partial charge in [0.25, 0.3) is 15.9 Å². The van der Waals surface area contributed by atoms with Crippen LogP contribution in [-0.4, -0.2) is 39.4 Å². The number of likely N-dealkylation sites (tertiary alicyclic amines) is 1. The highest BCUT2D eigenvalue weighted by Crippen LogP contribution is 2.27. The van der Waals surface area contributed by atoms with Crippen LogP contribution in [-0.2, 0) is 10.0 Å². The molecule has 1 aliphatic heterocycles. The molecule has 0 aromatic heterocycles. The molecule has 0 atom stereocenters. The molecule has 2 aromatic carbocycles. The van der Waals surface area contributed by atoms with Crippen molar-refractivity contribution in [2.75, 3.05) is 24.4 Å². The second-order valence-corrected chi connectivity index (χ2v) is 9.46.